The first-order chi connectivity index (χ1) is 17.1. The van der Waals surface area contributed by atoms with Gasteiger partial charge in [0.25, 0.3) is 11.8 Å². The number of unbranched alkanes of at least 4 members (excludes halogenated alkanes) is 1. The normalized spacial score (nSPS) is 18.7. The molecular weight excluding hydrogens is 541 g/mol. The van der Waals surface area contributed by atoms with Gasteiger partial charge in [-0.2, -0.15) is 0 Å². The first-order valence-electron chi connectivity index (χ1n) is 10.5. The number of aliphatic carboxylic acids is 1. The first kappa shape index (κ1) is 30.4. The van der Waals surface area contributed by atoms with E-state index >= 15 is 0 Å². The van der Waals surface area contributed by atoms with E-state index in [2.05, 4.69) is 25.5 Å². The Morgan fingerprint density at radius 2 is 2.08 bits per heavy atom. The number of oxime groups is 1. The predicted octanol–water partition coefficient (Wildman–Crippen LogP) is -4.54. The van der Waals surface area contributed by atoms with Crippen LogP contribution in [-0.2, 0) is 24.0 Å². The molecule has 0 bridgehead atoms. The van der Waals surface area contributed by atoms with Crippen LogP contribution in [0.3, 0.4) is 0 Å². The maximum atomic E-state index is 13.0. The zero-order valence-electron chi connectivity index (χ0n) is 19.8. The second-order valence-electron chi connectivity index (χ2n) is 7.38. The smallest absolute Gasteiger partial charge is 0.543 e. The molecule has 3 rings (SSSR count). The molecule has 0 aromatic carbocycles. The average Bonchev–Trinajstić information content (AvgIpc) is 3.26. The van der Waals surface area contributed by atoms with E-state index in [1.54, 1.807) is 0 Å². The molecule has 0 radical (unpaired) electrons. The van der Waals surface area contributed by atoms with Gasteiger partial charge in [-0.1, -0.05) is 18.5 Å². The van der Waals surface area contributed by atoms with Gasteiger partial charge < -0.3 is 36.7 Å². The summed E-state index contributed by atoms with van der Waals surface area (Å²) in [7, 11) is 0. The minimum Gasteiger partial charge on any atom is -0.543 e. The largest absolute Gasteiger partial charge is 1.00 e. The number of ether oxygens (including phenoxy) is 1. The summed E-state index contributed by atoms with van der Waals surface area (Å²) in [6.45, 7) is 1.86. The minimum absolute atomic E-state index is 0. The zero-order chi connectivity index (χ0) is 26.4. The Kier molecular flexibility index (Phi) is 11.2. The molecule has 6 N–H and O–H groups in total. The van der Waals surface area contributed by atoms with Crippen molar-refractivity contribution in [2.24, 2.45) is 10.9 Å². The average molecular weight is 564 g/mol. The molecule has 0 saturated carbocycles. The molecule has 3 heterocycles. The van der Waals surface area contributed by atoms with Crippen LogP contribution >= 0.6 is 23.1 Å². The summed E-state index contributed by atoms with van der Waals surface area (Å²) in [6, 6.07) is -1.13. The van der Waals surface area contributed by atoms with Crippen molar-refractivity contribution >= 4 is 63.9 Å². The van der Waals surface area contributed by atoms with Gasteiger partial charge in [0.1, 0.15) is 23.7 Å². The molecule has 2 aliphatic rings. The molecular formula is C19H22N7NaO8S2. The Balaban J connectivity index is 0.00000481. The minimum atomic E-state index is -1.65. The standard InChI is InChI=1S/C19H23N7O8S2.Na/c1-2-3-4-22-19(32)34-25-10(9-7-36-17(20)23-9)13(27)24-11-14(28)26-12(16(29)30)8(5-33-18(21)31)6-35-15(11)26;/h7,11,15H,2-6H2,1H3,(H2,20,23)(H2,21,31)(H,22,32)(H,24,27)(H,29,30);/q;+1/p-1/t11?,15-;/m0./s1. The number of nitrogens with two attached hydrogens (primary N) is 2. The number of aromatic nitrogens is 1. The van der Waals surface area contributed by atoms with Crippen LogP contribution in [0.2, 0.25) is 0 Å². The topological polar surface area (TPSA) is 231 Å². The number of carbonyl (C=O) groups excluding carboxylic acids is 5. The number of β-lactam (4-membered cyclic amide) rings is 1. The molecule has 1 unspecified atom stereocenters. The Morgan fingerprint density at radius 3 is 2.68 bits per heavy atom. The number of thioether (sulfide) groups is 1. The molecule has 1 aromatic rings. The molecule has 0 aliphatic carbocycles. The van der Waals surface area contributed by atoms with Crippen molar-refractivity contribution in [1.82, 2.24) is 20.5 Å². The third-order valence-electron chi connectivity index (χ3n) is 4.91. The Bertz CT molecular complexity index is 1140. The number of nitrogens with zero attached hydrogens (tertiary/aromatic N) is 3. The molecule has 4 amide bonds. The van der Waals surface area contributed by atoms with E-state index in [-0.39, 0.29) is 51.7 Å². The molecule has 0 spiro atoms. The number of nitrogens with one attached hydrogen (secondary N) is 2. The summed E-state index contributed by atoms with van der Waals surface area (Å²) in [4.78, 5) is 69.8. The molecule has 194 valence electrons. The fourth-order valence-electron chi connectivity index (χ4n) is 3.24. The maximum Gasteiger partial charge on any atom is 1.00 e. The van der Waals surface area contributed by atoms with E-state index in [4.69, 9.17) is 16.3 Å². The molecule has 37 heavy (non-hydrogen) atoms. The molecule has 2 atom stereocenters. The third kappa shape index (κ3) is 7.35. The summed E-state index contributed by atoms with van der Waals surface area (Å²) in [5, 5.41) is 21.0. The van der Waals surface area contributed by atoms with Crippen LogP contribution < -0.4 is 56.8 Å². The van der Waals surface area contributed by atoms with Gasteiger partial charge >= 0.3 is 41.7 Å². The van der Waals surface area contributed by atoms with Crippen LogP contribution in [0.15, 0.2) is 21.8 Å². The number of hydrogen-bond acceptors (Lipinski definition) is 13. The Hall–Kier alpha value is -2.86. The SMILES string of the molecule is CCCCNC(=O)ON=C(C(=O)NC1C(=O)N2C(C(=O)[O-])=C(COC(N)=O)CS[C@@H]12)c1csc(N)n1.[Na+]. The quantitative estimate of drug-likeness (QED) is 0.0529. The Labute approximate surface area is 240 Å². The molecule has 1 saturated heterocycles. The zero-order valence-corrected chi connectivity index (χ0v) is 23.5. The van der Waals surface area contributed by atoms with E-state index in [9.17, 15) is 29.1 Å². The molecule has 15 nitrogen and oxygen atoms in total. The van der Waals surface area contributed by atoms with Gasteiger partial charge in [-0.3, -0.25) is 19.3 Å². The van der Waals surface area contributed by atoms with Gasteiger partial charge in [0, 0.05) is 23.3 Å². The van der Waals surface area contributed by atoms with Gasteiger partial charge in [-0.05, 0) is 6.42 Å². The van der Waals surface area contributed by atoms with E-state index in [1.165, 1.54) is 5.38 Å². The van der Waals surface area contributed by atoms with E-state index in [1.807, 2.05) is 6.92 Å². The predicted molar refractivity (Wildman–Crippen MR) is 125 cm³/mol. The van der Waals surface area contributed by atoms with E-state index < -0.39 is 59.4 Å². The van der Waals surface area contributed by atoms with Crippen LogP contribution in [0.5, 0.6) is 0 Å². The molecule has 1 fully saturated rings. The second kappa shape index (κ2) is 13.6. The second-order valence-corrected chi connectivity index (χ2v) is 9.37. The number of primary amides is 1. The molecule has 1 aromatic heterocycles. The number of carboxylic acid groups (broad SMARTS) is 1. The fraction of sp³-hybridized carbons (Fsp3) is 0.421. The number of hydrogen-bond donors (Lipinski definition) is 4. The molecule has 2 aliphatic heterocycles. The van der Waals surface area contributed by atoms with Crippen LogP contribution in [-0.4, -0.2) is 75.9 Å². The number of fused-ring (bicyclic) bond motifs is 1. The summed E-state index contributed by atoms with van der Waals surface area (Å²) < 4.78 is 4.65. The monoisotopic (exact) mass is 563 g/mol. The van der Waals surface area contributed by atoms with Crippen molar-refractivity contribution in [1.29, 1.82) is 0 Å². The number of rotatable bonds is 10. The summed E-state index contributed by atoms with van der Waals surface area (Å²) in [5.74, 6) is -3.22. The molecule has 18 heteroatoms. The number of thiazole rings is 1. The number of nitrogen functional groups attached to an aromatic ring is 1. The number of carboxylic acids is 1. The summed E-state index contributed by atoms with van der Waals surface area (Å²) in [5.41, 5.74) is 9.82. The number of amides is 4. The van der Waals surface area contributed by atoms with Gasteiger partial charge in [0.15, 0.2) is 10.8 Å². The van der Waals surface area contributed by atoms with Crippen molar-refractivity contribution < 1.29 is 68.2 Å². The van der Waals surface area contributed by atoms with Gasteiger partial charge in [-0.25, -0.2) is 14.6 Å². The van der Waals surface area contributed by atoms with Gasteiger partial charge in [0.05, 0.1) is 11.7 Å². The van der Waals surface area contributed by atoms with Crippen molar-refractivity contribution in [3.05, 3.63) is 22.3 Å². The van der Waals surface area contributed by atoms with Crippen molar-refractivity contribution in [2.45, 2.75) is 31.2 Å². The maximum absolute atomic E-state index is 13.0. The van der Waals surface area contributed by atoms with E-state index in [0.717, 1.165) is 34.4 Å². The van der Waals surface area contributed by atoms with Crippen LogP contribution in [0.4, 0.5) is 14.7 Å². The summed E-state index contributed by atoms with van der Waals surface area (Å²) in [6.07, 6.45) is -0.439. The van der Waals surface area contributed by atoms with Crippen molar-refractivity contribution in [3.63, 3.8) is 0 Å². The number of carbonyl (C=O) groups is 5. The van der Waals surface area contributed by atoms with Crippen molar-refractivity contribution in [2.75, 3.05) is 24.6 Å². The Morgan fingerprint density at radius 1 is 1.35 bits per heavy atom. The fourth-order valence-corrected chi connectivity index (χ4v) is 5.11. The summed E-state index contributed by atoms with van der Waals surface area (Å²) >= 11 is 2.15. The van der Waals surface area contributed by atoms with Crippen LogP contribution in [0.25, 0.3) is 0 Å². The van der Waals surface area contributed by atoms with Gasteiger partial charge in [-0.15, -0.1) is 23.1 Å². The first-order valence-corrected chi connectivity index (χ1v) is 12.4. The van der Waals surface area contributed by atoms with E-state index in [0.29, 0.717) is 13.0 Å². The third-order valence-corrected chi connectivity index (χ3v) is 6.93. The van der Waals surface area contributed by atoms with Crippen LogP contribution in [0.1, 0.15) is 25.5 Å². The van der Waals surface area contributed by atoms with Crippen LogP contribution in [0, 0.1) is 0 Å². The van der Waals surface area contributed by atoms with Gasteiger partial charge in [0.2, 0.25) is 0 Å². The van der Waals surface area contributed by atoms with Crippen molar-refractivity contribution in [3.8, 4) is 0 Å². The number of anilines is 1.